The Morgan fingerprint density at radius 2 is 2.08 bits per heavy atom. The monoisotopic (exact) mass is 250 g/mol. The van der Waals surface area contributed by atoms with Gasteiger partial charge in [-0.15, -0.1) is 0 Å². The minimum Gasteiger partial charge on any atom is -0.351 e. The van der Waals surface area contributed by atoms with Crippen LogP contribution in [0.2, 0.25) is 0 Å². The Morgan fingerprint density at radius 3 is 2.62 bits per heavy atom. The lowest BCUT2D eigenvalue weighted by Crippen LogP contribution is -2.20. The number of hydrogen-bond acceptors (Lipinski definition) is 1. The average Bonchev–Trinajstić information content (AvgIpc) is 1.98. The molecule has 2 amide bonds. The van der Waals surface area contributed by atoms with Gasteiger partial charge in [-0.3, -0.25) is 0 Å². The summed E-state index contributed by atoms with van der Waals surface area (Å²) in [5.74, 6) is -1.43. The normalized spacial score (nSPS) is 9.77. The largest absolute Gasteiger partial charge is 0.351 e. The summed E-state index contributed by atoms with van der Waals surface area (Å²) in [5, 5.41) is 1.95. The molecule has 0 unspecified atom stereocenters. The Kier molecular flexibility index (Phi) is 2.82. The number of nitrogens with one attached hydrogen (secondary N) is 1. The Morgan fingerprint density at radius 1 is 1.46 bits per heavy atom. The lowest BCUT2D eigenvalue weighted by atomic mass is 10.3. The Bertz CT molecular complexity index is 357. The van der Waals surface area contributed by atoms with Crippen molar-refractivity contribution in [3.8, 4) is 0 Å². The summed E-state index contributed by atoms with van der Waals surface area (Å²) < 4.78 is 25.7. The van der Waals surface area contributed by atoms with Crippen molar-refractivity contribution in [1.29, 1.82) is 0 Å². The van der Waals surface area contributed by atoms with Crippen LogP contribution >= 0.6 is 15.9 Å². The van der Waals surface area contributed by atoms with Gasteiger partial charge in [0.15, 0.2) is 5.82 Å². The molecule has 0 aliphatic heterocycles. The molecule has 1 aromatic rings. The van der Waals surface area contributed by atoms with Gasteiger partial charge in [0.25, 0.3) is 0 Å². The van der Waals surface area contributed by atoms with Crippen molar-refractivity contribution in [3.63, 3.8) is 0 Å². The summed E-state index contributed by atoms with van der Waals surface area (Å²) in [4.78, 5) is 10.4. The van der Waals surface area contributed by atoms with Crippen LogP contribution < -0.4 is 11.1 Å². The van der Waals surface area contributed by atoms with E-state index in [0.29, 0.717) is 0 Å². The van der Waals surface area contributed by atoms with E-state index >= 15 is 0 Å². The summed E-state index contributed by atoms with van der Waals surface area (Å²) in [6.45, 7) is 0. The molecule has 0 aliphatic rings. The van der Waals surface area contributed by atoms with Crippen LogP contribution in [0.3, 0.4) is 0 Å². The summed E-state index contributed by atoms with van der Waals surface area (Å²) >= 11 is 2.78. The van der Waals surface area contributed by atoms with Gasteiger partial charge in [0, 0.05) is 6.07 Å². The van der Waals surface area contributed by atoms with E-state index in [-0.39, 0.29) is 10.2 Å². The van der Waals surface area contributed by atoms with Crippen LogP contribution in [0.15, 0.2) is 16.6 Å². The van der Waals surface area contributed by atoms with Gasteiger partial charge in [-0.25, -0.2) is 13.6 Å². The topological polar surface area (TPSA) is 55.1 Å². The van der Waals surface area contributed by atoms with E-state index in [2.05, 4.69) is 15.9 Å². The number of halogens is 3. The maximum atomic E-state index is 13.1. The highest BCUT2D eigenvalue weighted by Crippen LogP contribution is 2.24. The van der Waals surface area contributed by atoms with Crippen LogP contribution in [0, 0.1) is 11.6 Å². The van der Waals surface area contributed by atoms with Gasteiger partial charge in [-0.2, -0.15) is 0 Å². The minimum absolute atomic E-state index is 0.0729. The third-order valence-corrected chi connectivity index (χ3v) is 1.83. The standard InChI is InChI=1S/C7H5BrF2N2O/c8-4-1-3(9)2-5(6(4)10)12-7(11)13/h1-2H,(H3,11,12,13). The molecule has 3 N–H and O–H groups in total. The number of rotatable bonds is 1. The third-order valence-electron chi connectivity index (χ3n) is 1.25. The van der Waals surface area contributed by atoms with Gasteiger partial charge in [-0.05, 0) is 22.0 Å². The van der Waals surface area contributed by atoms with Crippen molar-refractivity contribution >= 4 is 27.6 Å². The molecule has 0 saturated carbocycles. The molecule has 0 heterocycles. The average molecular weight is 251 g/mol. The number of urea groups is 1. The number of hydrogen-bond donors (Lipinski definition) is 2. The SMILES string of the molecule is NC(=O)Nc1cc(F)cc(Br)c1F. The van der Waals surface area contributed by atoms with Gasteiger partial charge in [0.05, 0.1) is 10.2 Å². The summed E-state index contributed by atoms with van der Waals surface area (Å²) in [7, 11) is 0. The molecule has 70 valence electrons. The molecule has 0 bridgehead atoms. The lowest BCUT2D eigenvalue weighted by Gasteiger charge is -2.04. The second kappa shape index (κ2) is 3.69. The minimum atomic E-state index is -0.948. The molecule has 1 aromatic carbocycles. The zero-order valence-electron chi connectivity index (χ0n) is 6.27. The first-order chi connectivity index (χ1) is 6.00. The van der Waals surface area contributed by atoms with E-state index in [1.807, 2.05) is 5.32 Å². The molecular formula is C7H5BrF2N2O. The second-order valence-electron chi connectivity index (χ2n) is 2.24. The molecule has 6 heteroatoms. The van der Waals surface area contributed by atoms with Crippen LogP contribution in [0.4, 0.5) is 19.3 Å². The smallest absolute Gasteiger partial charge is 0.316 e. The van der Waals surface area contributed by atoms with E-state index in [4.69, 9.17) is 5.73 Å². The number of amides is 2. The highest BCUT2D eigenvalue weighted by molar-refractivity contribution is 9.10. The predicted molar refractivity (Wildman–Crippen MR) is 47.3 cm³/mol. The first-order valence-electron chi connectivity index (χ1n) is 3.21. The third kappa shape index (κ3) is 2.38. The van der Waals surface area contributed by atoms with Crippen molar-refractivity contribution in [2.45, 2.75) is 0 Å². The Labute approximate surface area is 81.0 Å². The van der Waals surface area contributed by atoms with Crippen molar-refractivity contribution in [3.05, 3.63) is 28.2 Å². The molecule has 0 fully saturated rings. The van der Waals surface area contributed by atoms with E-state index in [9.17, 15) is 13.6 Å². The molecule has 0 atom stereocenters. The zero-order valence-corrected chi connectivity index (χ0v) is 7.86. The predicted octanol–water partition coefficient (Wildman–Crippen LogP) is 2.22. The van der Waals surface area contributed by atoms with Crippen molar-refractivity contribution in [2.75, 3.05) is 5.32 Å². The molecule has 0 aromatic heterocycles. The van der Waals surface area contributed by atoms with Crippen LogP contribution in [0.5, 0.6) is 0 Å². The van der Waals surface area contributed by atoms with Gasteiger partial charge < -0.3 is 11.1 Å². The molecule has 0 aliphatic carbocycles. The Hall–Kier alpha value is -1.17. The number of benzene rings is 1. The van der Waals surface area contributed by atoms with E-state index in [1.165, 1.54) is 0 Å². The van der Waals surface area contributed by atoms with E-state index in [0.717, 1.165) is 12.1 Å². The van der Waals surface area contributed by atoms with Crippen LogP contribution in [-0.2, 0) is 0 Å². The van der Waals surface area contributed by atoms with Gasteiger partial charge in [0.2, 0.25) is 0 Å². The van der Waals surface area contributed by atoms with E-state index < -0.39 is 17.7 Å². The molecule has 0 radical (unpaired) electrons. The second-order valence-corrected chi connectivity index (χ2v) is 3.09. The number of carbonyl (C=O) groups is 1. The fourth-order valence-corrected chi connectivity index (χ4v) is 1.21. The zero-order chi connectivity index (χ0) is 10.0. The number of nitrogens with two attached hydrogens (primary N) is 1. The molecule has 13 heavy (non-hydrogen) atoms. The quantitative estimate of drug-likeness (QED) is 0.738. The fourth-order valence-electron chi connectivity index (χ4n) is 0.780. The maximum absolute atomic E-state index is 13.1. The molecule has 0 spiro atoms. The summed E-state index contributed by atoms with van der Waals surface area (Å²) in [6.07, 6.45) is 0. The van der Waals surface area contributed by atoms with Crippen molar-refractivity contribution in [1.82, 2.24) is 0 Å². The lowest BCUT2D eigenvalue weighted by molar-refractivity contribution is 0.259. The fraction of sp³-hybridized carbons (Fsp3) is 0. The molecular weight excluding hydrogens is 246 g/mol. The highest BCUT2D eigenvalue weighted by Gasteiger charge is 2.09. The van der Waals surface area contributed by atoms with E-state index in [1.54, 1.807) is 0 Å². The number of primary amides is 1. The first-order valence-corrected chi connectivity index (χ1v) is 4.01. The number of carbonyl (C=O) groups excluding carboxylic acids is 1. The first kappa shape index (κ1) is 9.91. The van der Waals surface area contributed by atoms with Gasteiger partial charge in [-0.1, -0.05) is 0 Å². The molecule has 0 saturated heterocycles. The summed E-state index contributed by atoms with van der Waals surface area (Å²) in [6, 6.07) is 0.836. The maximum Gasteiger partial charge on any atom is 0.316 e. The molecule has 3 nitrogen and oxygen atoms in total. The van der Waals surface area contributed by atoms with Crippen LogP contribution in [0.25, 0.3) is 0 Å². The van der Waals surface area contributed by atoms with Crippen molar-refractivity contribution in [2.24, 2.45) is 5.73 Å². The highest BCUT2D eigenvalue weighted by atomic mass is 79.9. The van der Waals surface area contributed by atoms with Crippen LogP contribution in [-0.4, -0.2) is 6.03 Å². The van der Waals surface area contributed by atoms with Crippen LogP contribution in [0.1, 0.15) is 0 Å². The molecule has 1 rings (SSSR count). The number of anilines is 1. The Balaban J connectivity index is 3.12. The van der Waals surface area contributed by atoms with Gasteiger partial charge in [0.1, 0.15) is 5.82 Å². The van der Waals surface area contributed by atoms with Gasteiger partial charge >= 0.3 is 6.03 Å². The summed E-state index contributed by atoms with van der Waals surface area (Å²) in [5.41, 5.74) is 4.45. The van der Waals surface area contributed by atoms with Crippen molar-refractivity contribution < 1.29 is 13.6 Å².